The summed E-state index contributed by atoms with van der Waals surface area (Å²) < 4.78 is 5.75. The molecule has 120 valence electrons. The van der Waals surface area contributed by atoms with Crippen molar-refractivity contribution in [3.63, 3.8) is 0 Å². The Hall–Kier alpha value is -1.73. The molecule has 2 aliphatic rings. The minimum Gasteiger partial charge on any atom is -0.476 e. The molecule has 0 bridgehead atoms. The zero-order chi connectivity index (χ0) is 15.7. The molecule has 0 amide bonds. The van der Waals surface area contributed by atoms with Gasteiger partial charge >= 0.3 is 5.97 Å². The summed E-state index contributed by atoms with van der Waals surface area (Å²) in [6, 6.07) is 0. The maximum atomic E-state index is 10.8. The molecule has 22 heavy (non-hydrogen) atoms. The Kier molecular flexibility index (Phi) is 4.01. The lowest BCUT2D eigenvalue weighted by atomic mass is 9.58. The van der Waals surface area contributed by atoms with Gasteiger partial charge in [-0.05, 0) is 19.8 Å². The van der Waals surface area contributed by atoms with Crippen LogP contribution in [-0.2, 0) is 4.74 Å². The highest BCUT2D eigenvalue weighted by Gasteiger charge is 2.56. The normalized spacial score (nSPS) is 26.7. The lowest BCUT2D eigenvalue weighted by Gasteiger charge is -2.56. The van der Waals surface area contributed by atoms with E-state index in [1.54, 1.807) is 0 Å². The molecule has 1 aliphatic heterocycles. The second-order valence-electron chi connectivity index (χ2n) is 5.98. The molecule has 1 aromatic heterocycles. The van der Waals surface area contributed by atoms with E-state index in [9.17, 15) is 9.90 Å². The van der Waals surface area contributed by atoms with Crippen molar-refractivity contribution in [2.45, 2.75) is 38.4 Å². The van der Waals surface area contributed by atoms with E-state index in [0.717, 1.165) is 32.4 Å². The van der Waals surface area contributed by atoms with Crippen LogP contribution in [0.1, 0.15) is 36.7 Å². The Balaban J connectivity index is 1.65. The van der Waals surface area contributed by atoms with Crippen LogP contribution in [0.2, 0.25) is 0 Å². The number of ether oxygens (including phenoxy) is 1. The molecule has 2 fully saturated rings. The summed E-state index contributed by atoms with van der Waals surface area (Å²) in [7, 11) is 0. The molecule has 0 aromatic carbocycles. The summed E-state index contributed by atoms with van der Waals surface area (Å²) in [5.74, 6) is -0.393. The largest absolute Gasteiger partial charge is 0.476 e. The first kappa shape index (κ1) is 15.2. The number of aromatic nitrogens is 2. The van der Waals surface area contributed by atoms with Gasteiger partial charge in [-0.3, -0.25) is 0 Å². The zero-order valence-corrected chi connectivity index (χ0v) is 12.6. The quantitative estimate of drug-likeness (QED) is 0.854. The van der Waals surface area contributed by atoms with E-state index >= 15 is 0 Å². The topological polar surface area (TPSA) is 95.8 Å². The van der Waals surface area contributed by atoms with E-state index < -0.39 is 5.97 Å². The van der Waals surface area contributed by atoms with Crippen LogP contribution in [0.25, 0.3) is 0 Å². The van der Waals surface area contributed by atoms with Gasteiger partial charge in [0.25, 0.3) is 0 Å². The van der Waals surface area contributed by atoms with Gasteiger partial charge in [0.15, 0.2) is 5.69 Å². The number of carboxylic acids is 1. The summed E-state index contributed by atoms with van der Waals surface area (Å²) in [6.45, 7) is 4.18. The average molecular weight is 307 g/mol. The van der Waals surface area contributed by atoms with Crippen LogP contribution in [0.15, 0.2) is 12.4 Å². The molecule has 2 heterocycles. The summed E-state index contributed by atoms with van der Waals surface area (Å²) >= 11 is 0. The minimum absolute atomic E-state index is 0.0527. The highest BCUT2D eigenvalue weighted by atomic mass is 16.5. The van der Waals surface area contributed by atoms with Crippen molar-refractivity contribution in [2.75, 3.05) is 24.6 Å². The molecule has 1 aliphatic carbocycles. The lowest BCUT2D eigenvalue weighted by Crippen LogP contribution is -2.62. The number of carboxylic acid groups (broad SMARTS) is 1. The number of carbonyl (C=O) groups is 1. The van der Waals surface area contributed by atoms with E-state index in [2.05, 4.69) is 14.9 Å². The second kappa shape index (κ2) is 5.81. The number of aliphatic hydroxyl groups is 1. The van der Waals surface area contributed by atoms with Crippen LogP contribution in [0.5, 0.6) is 0 Å². The van der Waals surface area contributed by atoms with Gasteiger partial charge in [-0.25, -0.2) is 14.8 Å². The number of anilines is 1. The predicted octanol–water partition coefficient (Wildman–Crippen LogP) is 0.931. The predicted molar refractivity (Wildman–Crippen MR) is 78.9 cm³/mol. The fraction of sp³-hybridized carbons (Fsp3) is 0.667. The van der Waals surface area contributed by atoms with Crippen molar-refractivity contribution < 1.29 is 19.7 Å². The van der Waals surface area contributed by atoms with Gasteiger partial charge in [0.05, 0.1) is 24.6 Å². The maximum Gasteiger partial charge on any atom is 0.356 e. The van der Waals surface area contributed by atoms with E-state index in [-0.39, 0.29) is 23.3 Å². The number of rotatable bonds is 4. The number of aromatic carboxylic acids is 1. The van der Waals surface area contributed by atoms with Crippen molar-refractivity contribution in [1.82, 2.24) is 9.97 Å². The third kappa shape index (κ3) is 2.44. The lowest BCUT2D eigenvalue weighted by molar-refractivity contribution is -0.199. The van der Waals surface area contributed by atoms with Crippen LogP contribution < -0.4 is 4.90 Å². The second-order valence-corrected chi connectivity index (χ2v) is 5.98. The monoisotopic (exact) mass is 307 g/mol. The minimum atomic E-state index is -1.08. The number of nitrogens with zero attached hydrogens (tertiary/aromatic N) is 3. The van der Waals surface area contributed by atoms with Gasteiger partial charge in [0.1, 0.15) is 5.82 Å². The fourth-order valence-corrected chi connectivity index (χ4v) is 3.56. The molecule has 2 atom stereocenters. The first-order valence-electron chi connectivity index (χ1n) is 7.67. The van der Waals surface area contributed by atoms with Crippen molar-refractivity contribution in [3.8, 4) is 0 Å². The third-order valence-corrected chi connectivity index (χ3v) is 4.99. The molecule has 2 N–H and O–H groups in total. The molecule has 1 spiro atoms. The molecular weight excluding hydrogens is 286 g/mol. The van der Waals surface area contributed by atoms with E-state index in [1.165, 1.54) is 12.4 Å². The van der Waals surface area contributed by atoms with Crippen LogP contribution in [0.4, 0.5) is 5.82 Å². The maximum absolute atomic E-state index is 10.8. The Morgan fingerprint density at radius 3 is 2.64 bits per heavy atom. The van der Waals surface area contributed by atoms with Gasteiger partial charge in [0.2, 0.25) is 0 Å². The molecule has 1 saturated carbocycles. The fourth-order valence-electron chi connectivity index (χ4n) is 3.56. The van der Waals surface area contributed by atoms with Gasteiger partial charge < -0.3 is 19.8 Å². The first-order valence-corrected chi connectivity index (χ1v) is 7.67. The molecule has 1 saturated heterocycles. The van der Waals surface area contributed by atoms with Crippen molar-refractivity contribution >= 4 is 11.8 Å². The average Bonchev–Trinajstić information content (AvgIpc) is 2.55. The first-order chi connectivity index (χ1) is 10.6. The van der Waals surface area contributed by atoms with Crippen molar-refractivity contribution in [2.24, 2.45) is 5.41 Å². The van der Waals surface area contributed by atoms with Gasteiger partial charge in [-0.15, -0.1) is 0 Å². The molecule has 7 heteroatoms. The van der Waals surface area contributed by atoms with Crippen molar-refractivity contribution in [1.29, 1.82) is 0 Å². The van der Waals surface area contributed by atoms with E-state index in [1.807, 2.05) is 6.92 Å². The highest BCUT2D eigenvalue weighted by Crippen LogP contribution is 2.51. The Bertz CT molecular complexity index is 538. The molecule has 0 radical (unpaired) electrons. The van der Waals surface area contributed by atoms with Gasteiger partial charge in [0, 0.05) is 31.5 Å². The Morgan fingerprint density at radius 1 is 1.41 bits per heavy atom. The van der Waals surface area contributed by atoms with E-state index in [0.29, 0.717) is 12.4 Å². The molecular formula is C15H21N3O4. The van der Waals surface area contributed by atoms with Crippen LogP contribution in [0.3, 0.4) is 0 Å². The molecule has 3 rings (SSSR count). The molecule has 2 unspecified atom stereocenters. The van der Waals surface area contributed by atoms with E-state index in [4.69, 9.17) is 9.84 Å². The van der Waals surface area contributed by atoms with Gasteiger partial charge in [-0.2, -0.15) is 0 Å². The smallest absolute Gasteiger partial charge is 0.356 e. The van der Waals surface area contributed by atoms with Crippen LogP contribution >= 0.6 is 0 Å². The number of hydrogen-bond acceptors (Lipinski definition) is 6. The molecule has 1 aromatic rings. The van der Waals surface area contributed by atoms with Crippen LogP contribution in [0, 0.1) is 5.41 Å². The highest BCUT2D eigenvalue weighted by molar-refractivity contribution is 5.84. The standard InChI is InChI=1S/C15H21N3O4/c1-2-22-12-7-11(19)15(12)3-5-18(6-4-15)13-9-16-10(8-17-13)14(20)21/h8-9,11-12,19H,2-7H2,1H3,(H,20,21). The number of piperidine rings is 1. The number of aliphatic hydroxyl groups excluding tert-OH is 1. The molecule has 7 nitrogen and oxygen atoms in total. The third-order valence-electron chi connectivity index (χ3n) is 4.99. The van der Waals surface area contributed by atoms with Gasteiger partial charge in [-0.1, -0.05) is 0 Å². The summed E-state index contributed by atoms with van der Waals surface area (Å²) in [5, 5.41) is 19.0. The number of hydrogen-bond donors (Lipinski definition) is 2. The SMILES string of the molecule is CCOC1CC(O)C12CCN(c1cnc(C(=O)O)cn1)CC2. The van der Waals surface area contributed by atoms with Crippen LogP contribution in [-0.4, -0.2) is 58.1 Å². The summed E-state index contributed by atoms with van der Waals surface area (Å²) in [5.41, 5.74) is -0.177. The Morgan fingerprint density at radius 2 is 2.14 bits per heavy atom. The Labute approximate surface area is 128 Å². The van der Waals surface area contributed by atoms with Crippen molar-refractivity contribution in [3.05, 3.63) is 18.1 Å². The zero-order valence-electron chi connectivity index (χ0n) is 12.6. The summed E-state index contributed by atoms with van der Waals surface area (Å²) in [4.78, 5) is 21.0. The summed E-state index contributed by atoms with van der Waals surface area (Å²) in [6.07, 6.45) is 5.06.